The molecule has 5 N–H and O–H groups in total. The second kappa shape index (κ2) is 28.1. The van der Waals surface area contributed by atoms with E-state index in [4.69, 9.17) is 51.0 Å². The first-order chi connectivity index (χ1) is 49.7. The van der Waals surface area contributed by atoms with Crippen molar-refractivity contribution in [3.05, 3.63) is 307 Å². The summed E-state index contributed by atoms with van der Waals surface area (Å²) in [5.74, 6) is 0. The lowest BCUT2D eigenvalue weighted by molar-refractivity contribution is 0.865. The summed E-state index contributed by atoms with van der Waals surface area (Å²) in [4.78, 5) is 0. The normalized spacial score (nSPS) is 11.0. The van der Waals surface area contributed by atoms with Crippen LogP contribution >= 0.6 is 0 Å². The van der Waals surface area contributed by atoms with Crippen molar-refractivity contribution >= 4 is 116 Å². The zero-order valence-electron chi connectivity index (χ0n) is 52.9. The number of hydrogen-bond acceptors (Lipinski definition) is 15. The van der Waals surface area contributed by atoms with Gasteiger partial charge in [-0.1, -0.05) is 30.3 Å². The van der Waals surface area contributed by atoms with E-state index >= 15 is 0 Å². The van der Waals surface area contributed by atoms with Gasteiger partial charge in [0.2, 0.25) is 0 Å². The van der Waals surface area contributed by atoms with Crippen molar-refractivity contribution in [1.29, 1.82) is 0 Å². The Hall–Kier alpha value is -14.1. The minimum atomic E-state index is -0.518. The molecule has 35 heteroatoms. The van der Waals surface area contributed by atoms with E-state index in [-0.39, 0.29) is 0 Å². The summed E-state index contributed by atoms with van der Waals surface area (Å²) in [6, 6.07) is 40.5. The number of rotatable bonds is 15. The molecule has 21 rings (SSSR count). The predicted molar refractivity (Wildman–Crippen MR) is 384 cm³/mol. The molecule has 0 aliphatic heterocycles. The number of nitrogens with one attached hydrogen (secondary N) is 5. The molecule has 0 radical (unpaired) electrons. The van der Waals surface area contributed by atoms with Crippen molar-refractivity contribution in [1.82, 2.24) is 148 Å². The highest BCUT2D eigenvalue weighted by Crippen LogP contribution is 2.47. The molecule has 0 saturated heterocycles. The summed E-state index contributed by atoms with van der Waals surface area (Å²) in [7, 11) is 0. The number of aromatic amines is 5. The number of aromatic nitrogens is 30. The molecule has 0 fully saturated rings. The molecule has 480 valence electrons. The fraction of sp³-hybridized carbons (Fsp3) is 0. The van der Waals surface area contributed by atoms with E-state index in [2.05, 4.69) is 81.3 Å². The Labute approximate surface area is 568 Å². The van der Waals surface area contributed by atoms with Crippen LogP contribution in [0.1, 0.15) is 0 Å². The first-order valence-electron chi connectivity index (χ1n) is 31.7. The van der Waals surface area contributed by atoms with Crippen molar-refractivity contribution in [3.63, 3.8) is 0 Å². The smallest absolute Gasteiger partial charge is 0.286 e. The zero-order valence-corrected chi connectivity index (χ0v) is 52.9. The fourth-order valence-electron chi connectivity index (χ4n) is 13.1. The average Bonchev–Trinajstić information content (AvgIpc) is 1.50. The third-order valence-electron chi connectivity index (χ3n) is 16.8. The van der Waals surface area contributed by atoms with Crippen LogP contribution < -0.4 is 27.3 Å². The Morgan fingerprint density at radius 1 is 0.190 bits per heavy atom. The van der Waals surface area contributed by atoms with E-state index in [1.807, 2.05) is 261 Å². The Morgan fingerprint density at radius 3 is 0.430 bits per heavy atom. The first-order valence-corrected chi connectivity index (χ1v) is 31.7. The summed E-state index contributed by atoms with van der Waals surface area (Å²) in [6.45, 7) is -2.59. The van der Waals surface area contributed by atoms with E-state index in [1.165, 1.54) is 0 Å². The number of H-pyrrole nitrogens is 5. The predicted octanol–water partition coefficient (Wildman–Crippen LogP) is 3.74. The maximum absolute atomic E-state index is 4.94. The minimum absolute atomic E-state index is 0.518. The summed E-state index contributed by atoms with van der Waals surface area (Å²) in [5.41, 5.74) is 4.91. The third-order valence-corrected chi connectivity index (χ3v) is 16.8. The first kappa shape index (κ1) is 60.8. The highest BCUT2D eigenvalue weighted by molar-refractivity contribution is 6.81. The molecule has 21 aromatic rings. The maximum Gasteiger partial charge on any atom is 0.454 e. The van der Waals surface area contributed by atoms with Crippen molar-refractivity contribution in [2.24, 2.45) is 0 Å². The Balaban J connectivity index is 0.000000261. The van der Waals surface area contributed by atoms with Crippen LogP contribution in [0.25, 0.3) is 53.9 Å². The molecule has 15 heterocycles. The minimum Gasteiger partial charge on any atom is -0.286 e. The molecule has 0 aliphatic carbocycles. The molecule has 0 saturated carbocycles. The van der Waals surface area contributed by atoms with Crippen LogP contribution in [-0.2, 0) is 0 Å². The molecular formula is C65H55B5N30. The Bertz CT molecular complexity index is 4570. The summed E-state index contributed by atoms with van der Waals surface area (Å²) < 4.78 is 19.8. The number of nitrogens with zero attached hydrogens (tertiary/aromatic N) is 25. The molecule has 0 amide bonds. The highest BCUT2D eigenvalue weighted by Gasteiger charge is 2.41. The van der Waals surface area contributed by atoms with Crippen LogP contribution in [0, 0.1) is 0 Å². The molecule has 0 aliphatic rings. The van der Waals surface area contributed by atoms with Gasteiger partial charge in [-0.3, -0.25) is 71.4 Å². The van der Waals surface area contributed by atoms with Gasteiger partial charge in [-0.05, 0) is 172 Å². The van der Waals surface area contributed by atoms with Gasteiger partial charge >= 0.3 is 34.9 Å². The van der Waals surface area contributed by atoms with Gasteiger partial charge in [-0.15, -0.1) is 0 Å². The van der Waals surface area contributed by atoms with Crippen LogP contribution in [0.15, 0.2) is 307 Å². The largest absolute Gasteiger partial charge is 0.454 e. The van der Waals surface area contributed by atoms with Gasteiger partial charge in [0, 0.05) is 186 Å². The van der Waals surface area contributed by atoms with Gasteiger partial charge in [0.15, 0.2) is 0 Å². The van der Waals surface area contributed by atoms with Crippen LogP contribution in [0.3, 0.4) is 0 Å². The summed E-state index contributed by atoms with van der Waals surface area (Å²) in [6.07, 6.45) is 55.5. The van der Waals surface area contributed by atoms with E-state index in [9.17, 15) is 0 Å². The molecular weight excluding hydrogens is 1250 g/mol. The molecule has 0 atom stereocenters. The number of benzene rings is 5. The van der Waals surface area contributed by atoms with Crippen LogP contribution in [-0.4, -0.2) is 183 Å². The second-order valence-corrected chi connectivity index (χ2v) is 22.5. The van der Waals surface area contributed by atoms with Crippen molar-refractivity contribution in [2.75, 3.05) is 0 Å². The van der Waals surface area contributed by atoms with Crippen LogP contribution in [0.5, 0.6) is 0 Å². The SMILES string of the molecule is c1cn[nH]c1.c1cn[nH]c1.c1cn[nH]c1.c1cn[nH]c1.c1cn[nH]c1.c1cnn(B(c2cc3c(B(n4cccn4)n4cccn4)cc4c(B(n5cccn5)n5cccn5)cc5c(B(n6cccn6)n6cccn6)cc6c(B(n7cccn7)n7cccn7)cc2c2c6c5c4c32)n2cccn2)c1. The van der Waals surface area contributed by atoms with Gasteiger partial charge < -0.3 is 0 Å². The van der Waals surface area contributed by atoms with Gasteiger partial charge in [-0.25, -0.2) is 0 Å². The van der Waals surface area contributed by atoms with E-state index in [0.717, 1.165) is 81.2 Å². The average molecular weight is 1310 g/mol. The van der Waals surface area contributed by atoms with Crippen molar-refractivity contribution < 1.29 is 0 Å². The monoisotopic (exact) mass is 1310 g/mol. The van der Waals surface area contributed by atoms with Crippen LogP contribution in [0.2, 0.25) is 0 Å². The highest BCUT2D eigenvalue weighted by atomic mass is 15.4. The van der Waals surface area contributed by atoms with Crippen LogP contribution in [0.4, 0.5) is 0 Å². The lowest BCUT2D eigenvalue weighted by Crippen LogP contribution is -2.50. The molecule has 0 unspecified atom stereocenters. The third kappa shape index (κ3) is 11.8. The quantitative estimate of drug-likeness (QED) is 0.0721. The Kier molecular flexibility index (Phi) is 17.1. The van der Waals surface area contributed by atoms with E-state index in [0.29, 0.717) is 0 Å². The van der Waals surface area contributed by atoms with Gasteiger partial charge in [0.1, 0.15) is 0 Å². The topological polar surface area (TPSA) is 322 Å². The molecule has 15 aromatic heterocycles. The van der Waals surface area contributed by atoms with E-state index in [1.54, 1.807) is 62.0 Å². The maximum atomic E-state index is 4.94. The molecule has 100 heavy (non-hydrogen) atoms. The fourth-order valence-corrected chi connectivity index (χ4v) is 13.1. The zero-order chi connectivity index (χ0) is 66.8. The van der Waals surface area contributed by atoms with Gasteiger partial charge in [0.25, 0.3) is 0 Å². The molecule has 0 spiro atoms. The standard InChI is InChI=1S/C50H35B5N20.5C3H4N2/c1-11-56-66(21-1)51(67-22-2-12-57-67)41-31-37-43(53(70-25-5-15-60-70)71-26-6-16-61-71)33-39-45(55(74-29-9-19-64-74)75-30-10-20-65-75)35-40-44(54(72-27-7-17-62-72)73-28-8-18-63-73)34-38-42(32-36(41)46-47(37)49(39)50(40)48(38)46)52(68-23-3-13-58-68)69-24-4-14-59-69;5*1-2-4-5-3-1/h1-35H;5*1-3H,(H,4,5). The molecule has 6 aromatic carbocycles. The summed E-state index contributed by atoms with van der Waals surface area (Å²) in [5, 5.41) is 91.1. The Morgan fingerprint density at radius 2 is 0.340 bits per heavy atom. The van der Waals surface area contributed by atoms with Gasteiger partial charge in [0.05, 0.1) is 0 Å². The van der Waals surface area contributed by atoms with Crippen molar-refractivity contribution in [2.45, 2.75) is 0 Å². The molecule has 30 nitrogen and oxygen atoms in total. The number of hydrogen-bond donors (Lipinski definition) is 5. The van der Waals surface area contributed by atoms with E-state index < -0.39 is 34.9 Å². The van der Waals surface area contributed by atoms with Crippen molar-refractivity contribution in [3.8, 4) is 0 Å². The lowest BCUT2D eigenvalue weighted by Gasteiger charge is -2.23. The summed E-state index contributed by atoms with van der Waals surface area (Å²) >= 11 is 0. The van der Waals surface area contributed by atoms with Gasteiger partial charge in [-0.2, -0.15) is 76.5 Å². The lowest BCUT2D eigenvalue weighted by atomic mass is 9.60. The second-order valence-electron chi connectivity index (χ2n) is 22.5. The molecule has 0 bridgehead atoms.